The van der Waals surface area contributed by atoms with Crippen LogP contribution in [0.5, 0.6) is 0 Å². The van der Waals surface area contributed by atoms with Crippen LogP contribution in [0.2, 0.25) is 5.02 Å². The van der Waals surface area contributed by atoms with Crippen molar-refractivity contribution in [3.63, 3.8) is 0 Å². The van der Waals surface area contributed by atoms with E-state index in [9.17, 15) is 4.39 Å². The van der Waals surface area contributed by atoms with Gasteiger partial charge in [-0.05, 0) is 35.4 Å². The Morgan fingerprint density at radius 1 is 1.10 bits per heavy atom. The fourth-order valence-electron chi connectivity index (χ4n) is 2.34. The van der Waals surface area contributed by atoms with Crippen molar-refractivity contribution in [2.75, 3.05) is 0 Å². The Morgan fingerprint density at radius 3 is 2.62 bits per heavy atom. The molecule has 0 fully saturated rings. The van der Waals surface area contributed by atoms with Crippen LogP contribution in [0, 0.1) is 5.82 Å². The predicted octanol–water partition coefficient (Wildman–Crippen LogP) is 3.58. The van der Waals surface area contributed by atoms with Crippen molar-refractivity contribution in [3.05, 3.63) is 76.7 Å². The highest BCUT2D eigenvalue weighted by Gasteiger charge is 2.14. The molecule has 0 bridgehead atoms. The fourth-order valence-corrected chi connectivity index (χ4v) is 2.46. The minimum atomic E-state index is -0.465. The lowest BCUT2D eigenvalue weighted by Gasteiger charge is -2.17. The van der Waals surface area contributed by atoms with Gasteiger partial charge >= 0.3 is 0 Å². The van der Waals surface area contributed by atoms with Crippen molar-refractivity contribution in [2.24, 2.45) is 5.84 Å². The molecule has 0 saturated carbocycles. The number of aromatic nitrogens is 1. The van der Waals surface area contributed by atoms with E-state index < -0.39 is 5.82 Å². The maximum atomic E-state index is 13.6. The summed E-state index contributed by atoms with van der Waals surface area (Å²) in [5.41, 5.74) is 5.19. The van der Waals surface area contributed by atoms with Gasteiger partial charge in [-0.2, -0.15) is 0 Å². The van der Waals surface area contributed by atoms with E-state index in [1.165, 1.54) is 12.1 Å². The molecule has 106 valence electrons. The van der Waals surface area contributed by atoms with Crippen molar-refractivity contribution in [3.8, 4) is 0 Å². The maximum Gasteiger partial charge on any atom is 0.142 e. The van der Waals surface area contributed by atoms with Crippen molar-refractivity contribution in [2.45, 2.75) is 6.04 Å². The lowest BCUT2D eigenvalue weighted by molar-refractivity contribution is 0.606. The molecule has 3 nitrogen and oxygen atoms in total. The summed E-state index contributed by atoms with van der Waals surface area (Å²) in [5.74, 6) is 5.18. The molecule has 21 heavy (non-hydrogen) atoms. The summed E-state index contributed by atoms with van der Waals surface area (Å²) in [7, 11) is 0. The summed E-state index contributed by atoms with van der Waals surface area (Å²) in [6.45, 7) is 0. The Kier molecular flexibility index (Phi) is 3.84. The normalized spacial score (nSPS) is 12.5. The molecule has 0 aliphatic heterocycles. The fraction of sp³-hybridized carbons (Fsp3) is 0.0625. The van der Waals surface area contributed by atoms with Crippen molar-refractivity contribution in [1.82, 2.24) is 10.4 Å². The van der Waals surface area contributed by atoms with Crippen molar-refractivity contribution < 1.29 is 4.39 Å². The summed E-state index contributed by atoms with van der Waals surface area (Å²) in [6, 6.07) is 14.0. The lowest BCUT2D eigenvalue weighted by atomic mass is 9.98. The van der Waals surface area contributed by atoms with Crippen LogP contribution in [-0.2, 0) is 0 Å². The molecule has 1 aromatic heterocycles. The third-order valence-corrected chi connectivity index (χ3v) is 3.71. The standard InChI is InChI=1S/C16H13ClFN3/c17-13-6-5-11(8-14(13)18)16(21-19)12-4-3-10-2-1-7-20-15(10)9-12/h1-9,16,21H,19H2. The van der Waals surface area contributed by atoms with E-state index >= 15 is 0 Å². The van der Waals surface area contributed by atoms with Gasteiger partial charge < -0.3 is 0 Å². The van der Waals surface area contributed by atoms with E-state index in [2.05, 4.69) is 10.4 Å². The van der Waals surface area contributed by atoms with Gasteiger partial charge in [-0.25, -0.2) is 9.82 Å². The Bertz CT molecular complexity index is 791. The number of fused-ring (bicyclic) bond motifs is 1. The molecule has 1 heterocycles. The summed E-state index contributed by atoms with van der Waals surface area (Å²) >= 11 is 5.72. The highest BCUT2D eigenvalue weighted by atomic mass is 35.5. The third kappa shape index (κ3) is 2.74. The zero-order valence-electron chi connectivity index (χ0n) is 11.1. The number of nitrogens with zero attached hydrogens (tertiary/aromatic N) is 1. The first-order valence-corrected chi connectivity index (χ1v) is 6.82. The smallest absolute Gasteiger partial charge is 0.142 e. The number of rotatable bonds is 3. The maximum absolute atomic E-state index is 13.6. The summed E-state index contributed by atoms with van der Waals surface area (Å²) < 4.78 is 13.6. The Hall–Kier alpha value is -2.01. The van der Waals surface area contributed by atoms with Crippen LogP contribution < -0.4 is 11.3 Å². The van der Waals surface area contributed by atoms with E-state index in [4.69, 9.17) is 17.4 Å². The number of pyridine rings is 1. The van der Waals surface area contributed by atoms with E-state index in [0.29, 0.717) is 5.56 Å². The molecule has 0 aliphatic rings. The Morgan fingerprint density at radius 2 is 1.86 bits per heavy atom. The predicted molar refractivity (Wildman–Crippen MR) is 82.3 cm³/mol. The third-order valence-electron chi connectivity index (χ3n) is 3.41. The first kappa shape index (κ1) is 13.9. The number of halogens is 2. The molecule has 1 unspecified atom stereocenters. The summed E-state index contributed by atoms with van der Waals surface area (Å²) in [5, 5.41) is 1.13. The molecule has 2 aromatic carbocycles. The molecule has 0 amide bonds. The zero-order valence-corrected chi connectivity index (χ0v) is 11.8. The van der Waals surface area contributed by atoms with Gasteiger partial charge in [-0.15, -0.1) is 0 Å². The van der Waals surface area contributed by atoms with Gasteiger partial charge in [0.25, 0.3) is 0 Å². The quantitative estimate of drug-likeness (QED) is 0.574. The lowest BCUT2D eigenvalue weighted by Crippen LogP contribution is -2.28. The number of nitrogens with two attached hydrogens (primary N) is 1. The van der Waals surface area contributed by atoms with Crippen LogP contribution in [0.4, 0.5) is 4.39 Å². The molecular formula is C16H13ClFN3. The van der Waals surface area contributed by atoms with E-state index in [1.807, 2.05) is 30.3 Å². The molecular weight excluding hydrogens is 289 g/mol. The van der Waals surface area contributed by atoms with E-state index in [1.54, 1.807) is 12.3 Å². The zero-order chi connectivity index (χ0) is 14.8. The van der Waals surface area contributed by atoms with Gasteiger partial charge in [-0.1, -0.05) is 35.9 Å². The number of hydrogen-bond donors (Lipinski definition) is 2. The number of hydrogen-bond acceptors (Lipinski definition) is 3. The first-order chi connectivity index (χ1) is 10.2. The summed E-state index contributed by atoms with van der Waals surface area (Å²) in [4.78, 5) is 4.32. The minimum Gasteiger partial charge on any atom is -0.271 e. The molecule has 5 heteroatoms. The highest BCUT2D eigenvalue weighted by Crippen LogP contribution is 2.26. The van der Waals surface area contributed by atoms with Gasteiger partial charge in [0.2, 0.25) is 0 Å². The van der Waals surface area contributed by atoms with Crippen molar-refractivity contribution >= 4 is 22.5 Å². The topological polar surface area (TPSA) is 50.9 Å². The second-order valence-corrected chi connectivity index (χ2v) is 5.14. The molecule has 0 saturated heterocycles. The Labute approximate surface area is 126 Å². The molecule has 0 spiro atoms. The van der Waals surface area contributed by atoms with Crippen LogP contribution in [0.25, 0.3) is 10.9 Å². The average molecular weight is 302 g/mol. The van der Waals surface area contributed by atoms with Crippen LogP contribution in [-0.4, -0.2) is 4.98 Å². The van der Waals surface area contributed by atoms with Gasteiger partial charge in [0, 0.05) is 11.6 Å². The molecule has 0 aliphatic carbocycles. The minimum absolute atomic E-state index is 0.0923. The van der Waals surface area contributed by atoms with Gasteiger partial charge in [0.15, 0.2) is 0 Å². The van der Waals surface area contributed by atoms with Gasteiger partial charge in [-0.3, -0.25) is 10.8 Å². The first-order valence-electron chi connectivity index (χ1n) is 6.45. The largest absolute Gasteiger partial charge is 0.271 e. The van der Waals surface area contributed by atoms with E-state index in [-0.39, 0.29) is 11.1 Å². The van der Waals surface area contributed by atoms with Crippen LogP contribution in [0.15, 0.2) is 54.7 Å². The SMILES string of the molecule is NNC(c1ccc(Cl)c(F)c1)c1ccc2cccnc2c1. The highest BCUT2D eigenvalue weighted by molar-refractivity contribution is 6.30. The Balaban J connectivity index is 2.06. The van der Waals surface area contributed by atoms with E-state index in [0.717, 1.165) is 16.5 Å². The average Bonchev–Trinajstić information content (AvgIpc) is 2.51. The number of benzene rings is 2. The summed E-state index contributed by atoms with van der Waals surface area (Å²) in [6.07, 6.45) is 1.74. The van der Waals surface area contributed by atoms with Crippen molar-refractivity contribution in [1.29, 1.82) is 0 Å². The van der Waals surface area contributed by atoms with Gasteiger partial charge in [0.05, 0.1) is 16.6 Å². The van der Waals surface area contributed by atoms with Crippen LogP contribution in [0.3, 0.4) is 0 Å². The van der Waals surface area contributed by atoms with Crippen LogP contribution >= 0.6 is 11.6 Å². The molecule has 1 atom stereocenters. The second kappa shape index (κ2) is 5.77. The molecule has 3 N–H and O–H groups in total. The van der Waals surface area contributed by atoms with Crippen LogP contribution in [0.1, 0.15) is 17.2 Å². The van der Waals surface area contributed by atoms with Gasteiger partial charge in [0.1, 0.15) is 5.82 Å². The second-order valence-electron chi connectivity index (χ2n) is 4.73. The molecule has 3 rings (SSSR count). The monoisotopic (exact) mass is 301 g/mol. The molecule has 0 radical (unpaired) electrons. The number of hydrazine groups is 1. The number of nitrogens with one attached hydrogen (secondary N) is 1. The molecule has 3 aromatic rings.